The van der Waals surface area contributed by atoms with Crippen molar-refractivity contribution in [3.05, 3.63) is 71.7 Å². The molecule has 9 heteroatoms. The van der Waals surface area contributed by atoms with Gasteiger partial charge in [0.2, 0.25) is 0 Å². The number of hydrogen-bond acceptors (Lipinski definition) is 5. The molecule has 7 nitrogen and oxygen atoms in total. The van der Waals surface area contributed by atoms with Crippen LogP contribution < -0.4 is 0 Å². The van der Waals surface area contributed by atoms with E-state index in [1.54, 1.807) is 29.4 Å². The zero-order valence-corrected chi connectivity index (χ0v) is 16.5. The molecule has 1 aliphatic heterocycles. The topological polar surface area (TPSA) is 87.2 Å². The van der Waals surface area contributed by atoms with Gasteiger partial charge in [-0.05, 0) is 36.6 Å². The van der Waals surface area contributed by atoms with E-state index in [4.69, 9.17) is 5.26 Å². The highest BCUT2D eigenvalue weighted by Crippen LogP contribution is 2.31. The van der Waals surface area contributed by atoms with Gasteiger partial charge in [-0.2, -0.15) is 15.5 Å². The lowest BCUT2D eigenvalue weighted by Crippen LogP contribution is -2.28. The van der Waals surface area contributed by atoms with Crippen molar-refractivity contribution in [1.29, 1.82) is 5.26 Å². The van der Waals surface area contributed by atoms with Crippen LogP contribution in [0.15, 0.2) is 53.9 Å². The Labute approximate surface area is 176 Å². The number of nitrogens with zero attached hydrogens (tertiary/aromatic N) is 6. The van der Waals surface area contributed by atoms with E-state index in [1.807, 2.05) is 6.07 Å². The number of fused-ring (bicyclic) bond motifs is 1. The Bertz CT molecular complexity index is 1220. The Balaban J connectivity index is 1.39. The maximum absolute atomic E-state index is 13.6. The number of nitriles is 1. The van der Waals surface area contributed by atoms with E-state index in [-0.39, 0.29) is 5.91 Å². The number of hydrazone groups is 1. The minimum absolute atomic E-state index is 0.324. The van der Waals surface area contributed by atoms with Crippen LogP contribution >= 0.6 is 0 Å². The van der Waals surface area contributed by atoms with Crippen molar-refractivity contribution >= 4 is 23.0 Å². The first-order valence-corrected chi connectivity index (χ1v) is 9.67. The first kappa shape index (κ1) is 20.3. The number of carbonyl (C=O) groups excluding carboxylic acids is 1. The second-order valence-electron chi connectivity index (χ2n) is 7.22. The van der Waals surface area contributed by atoms with Crippen molar-refractivity contribution in [1.82, 2.24) is 19.8 Å². The highest BCUT2D eigenvalue weighted by atomic mass is 19.1. The Morgan fingerprint density at radius 3 is 2.74 bits per heavy atom. The second kappa shape index (κ2) is 8.44. The Hall–Kier alpha value is -3.93. The second-order valence-corrected chi connectivity index (χ2v) is 7.22. The highest BCUT2D eigenvalue weighted by molar-refractivity contribution is 5.94. The molecule has 0 bridgehead atoms. The van der Waals surface area contributed by atoms with Gasteiger partial charge in [-0.25, -0.2) is 18.8 Å². The molecule has 3 aromatic rings. The van der Waals surface area contributed by atoms with Crippen LogP contribution in [0.2, 0.25) is 0 Å². The van der Waals surface area contributed by atoms with Crippen LogP contribution in [-0.4, -0.2) is 31.9 Å². The maximum atomic E-state index is 13.6. The number of carbonyl (C=O) groups is 1. The summed E-state index contributed by atoms with van der Waals surface area (Å²) >= 11 is 0. The standard InChI is InChI=1S/C22H18F2N6O/c1-14(3-2-6-29-21-13-26-19(11-25)9-16(21)12-28-29)22(31)30-20(4-5-27-30)15-7-17(23)10-18(24)8-15/h5,7-10,12-13,20H,1-4,6H2. The lowest BCUT2D eigenvalue weighted by Gasteiger charge is -2.23. The molecule has 2 aromatic heterocycles. The Morgan fingerprint density at radius 2 is 2.00 bits per heavy atom. The molecule has 31 heavy (non-hydrogen) atoms. The monoisotopic (exact) mass is 420 g/mol. The lowest BCUT2D eigenvalue weighted by molar-refractivity contribution is -0.129. The predicted molar refractivity (Wildman–Crippen MR) is 110 cm³/mol. The van der Waals surface area contributed by atoms with Crippen LogP contribution in [0, 0.1) is 23.0 Å². The number of aromatic nitrogens is 3. The normalized spacial score (nSPS) is 15.4. The molecule has 0 radical (unpaired) electrons. The van der Waals surface area contributed by atoms with Gasteiger partial charge in [0.25, 0.3) is 5.91 Å². The highest BCUT2D eigenvalue weighted by Gasteiger charge is 2.30. The molecule has 0 saturated heterocycles. The third-order valence-electron chi connectivity index (χ3n) is 5.10. The van der Waals surface area contributed by atoms with Gasteiger partial charge >= 0.3 is 0 Å². The molecule has 0 saturated carbocycles. The van der Waals surface area contributed by atoms with Gasteiger partial charge in [0.05, 0.1) is 24.0 Å². The average molecular weight is 420 g/mol. The summed E-state index contributed by atoms with van der Waals surface area (Å²) < 4.78 is 28.9. The third kappa shape index (κ3) is 4.19. The molecule has 1 atom stereocenters. The fourth-order valence-electron chi connectivity index (χ4n) is 3.58. The van der Waals surface area contributed by atoms with Crippen LogP contribution in [0.4, 0.5) is 8.78 Å². The van der Waals surface area contributed by atoms with E-state index in [9.17, 15) is 13.6 Å². The molecule has 1 aromatic carbocycles. The van der Waals surface area contributed by atoms with Gasteiger partial charge in [-0.15, -0.1) is 0 Å². The van der Waals surface area contributed by atoms with Gasteiger partial charge in [0.1, 0.15) is 23.4 Å². The summed E-state index contributed by atoms with van der Waals surface area (Å²) in [4.78, 5) is 16.9. The van der Waals surface area contributed by atoms with E-state index >= 15 is 0 Å². The van der Waals surface area contributed by atoms with Crippen molar-refractivity contribution in [2.45, 2.75) is 31.8 Å². The number of benzene rings is 1. The summed E-state index contributed by atoms with van der Waals surface area (Å²) in [6.07, 6.45) is 6.19. The minimum Gasteiger partial charge on any atom is -0.268 e. The van der Waals surface area contributed by atoms with Crippen molar-refractivity contribution in [3.8, 4) is 6.07 Å². The molecule has 1 amide bonds. The van der Waals surface area contributed by atoms with Gasteiger partial charge in [-0.3, -0.25) is 9.48 Å². The minimum atomic E-state index is -0.698. The summed E-state index contributed by atoms with van der Waals surface area (Å²) in [7, 11) is 0. The fourth-order valence-corrected chi connectivity index (χ4v) is 3.58. The first-order valence-electron chi connectivity index (χ1n) is 9.67. The van der Waals surface area contributed by atoms with Crippen molar-refractivity contribution in [2.24, 2.45) is 5.10 Å². The number of pyridine rings is 1. The summed E-state index contributed by atoms with van der Waals surface area (Å²) in [6.45, 7) is 4.41. The lowest BCUT2D eigenvalue weighted by atomic mass is 10.0. The van der Waals surface area contributed by atoms with Crippen LogP contribution in [0.5, 0.6) is 0 Å². The summed E-state index contributed by atoms with van der Waals surface area (Å²) in [5.41, 5.74) is 1.82. The summed E-state index contributed by atoms with van der Waals surface area (Å²) in [5.74, 6) is -1.78. The van der Waals surface area contributed by atoms with Crippen LogP contribution in [0.25, 0.3) is 10.9 Å². The third-order valence-corrected chi connectivity index (χ3v) is 5.10. The van der Waals surface area contributed by atoms with Gasteiger partial charge in [-0.1, -0.05) is 6.58 Å². The maximum Gasteiger partial charge on any atom is 0.269 e. The van der Waals surface area contributed by atoms with Gasteiger partial charge in [0.15, 0.2) is 0 Å². The Kier molecular flexibility index (Phi) is 5.54. The quantitative estimate of drug-likeness (QED) is 0.567. The molecule has 0 aliphatic carbocycles. The largest absolute Gasteiger partial charge is 0.269 e. The first-order chi connectivity index (χ1) is 15.0. The zero-order chi connectivity index (χ0) is 22.0. The molecule has 156 valence electrons. The summed E-state index contributed by atoms with van der Waals surface area (Å²) in [6, 6.07) is 6.30. The van der Waals surface area contributed by atoms with E-state index < -0.39 is 17.7 Å². The van der Waals surface area contributed by atoms with E-state index in [2.05, 4.69) is 21.8 Å². The van der Waals surface area contributed by atoms with E-state index in [0.717, 1.165) is 17.0 Å². The number of halogens is 2. The molecule has 1 aliphatic rings. The van der Waals surface area contributed by atoms with Crippen LogP contribution in [0.1, 0.15) is 36.6 Å². The van der Waals surface area contributed by atoms with Crippen LogP contribution in [0.3, 0.4) is 0 Å². The number of amides is 1. The molecule has 0 spiro atoms. The molecule has 0 fully saturated rings. The number of aryl methyl sites for hydroxylation is 1. The molecule has 0 N–H and O–H groups in total. The van der Waals surface area contributed by atoms with Gasteiger partial charge in [0, 0.05) is 36.2 Å². The summed E-state index contributed by atoms with van der Waals surface area (Å²) in [5, 5.41) is 19.4. The smallest absolute Gasteiger partial charge is 0.268 e. The SMILES string of the molecule is C=C(CCCn1ncc2cc(C#N)ncc21)C(=O)N1N=CCC1c1cc(F)cc(F)c1. The zero-order valence-electron chi connectivity index (χ0n) is 16.5. The molecule has 1 unspecified atom stereocenters. The molecular formula is C22H18F2N6O. The molecular weight excluding hydrogens is 402 g/mol. The van der Waals surface area contributed by atoms with Crippen molar-refractivity contribution in [3.63, 3.8) is 0 Å². The van der Waals surface area contributed by atoms with E-state index in [1.165, 1.54) is 17.1 Å². The number of hydrogen-bond donors (Lipinski definition) is 0. The number of rotatable bonds is 6. The Morgan fingerprint density at radius 1 is 1.23 bits per heavy atom. The van der Waals surface area contributed by atoms with Crippen molar-refractivity contribution in [2.75, 3.05) is 0 Å². The average Bonchev–Trinajstić information content (AvgIpc) is 3.39. The molecule has 4 rings (SSSR count). The van der Waals surface area contributed by atoms with Crippen LogP contribution in [-0.2, 0) is 11.3 Å². The van der Waals surface area contributed by atoms with Crippen molar-refractivity contribution < 1.29 is 13.6 Å². The van der Waals surface area contributed by atoms with E-state index in [0.29, 0.717) is 42.6 Å². The predicted octanol–water partition coefficient (Wildman–Crippen LogP) is 3.88. The fraction of sp³-hybridized carbons (Fsp3) is 0.227. The molecule has 3 heterocycles. The van der Waals surface area contributed by atoms with Gasteiger partial charge < -0.3 is 0 Å².